The summed E-state index contributed by atoms with van der Waals surface area (Å²) in [7, 11) is -3.67. The smallest absolute Gasteiger partial charge is 0.242 e. The van der Waals surface area contributed by atoms with Gasteiger partial charge in [0.15, 0.2) is 6.29 Å². The number of nitrogens with zero attached hydrogens (tertiary/aromatic N) is 2. The summed E-state index contributed by atoms with van der Waals surface area (Å²) >= 11 is 1.53. The van der Waals surface area contributed by atoms with Gasteiger partial charge in [0.25, 0.3) is 0 Å². The lowest BCUT2D eigenvalue weighted by molar-refractivity contribution is 0.112. The maximum absolute atomic E-state index is 13.0. The lowest BCUT2D eigenvalue weighted by Gasteiger charge is -2.10. The monoisotopic (exact) mass is 400 g/mol. The fraction of sp³-hybridized carbons (Fsp3) is 0.200. The molecule has 0 aliphatic heterocycles. The molecular formula is C20H20N2O3S2. The van der Waals surface area contributed by atoms with Crippen LogP contribution in [0.1, 0.15) is 31.5 Å². The molecule has 0 bridgehead atoms. The molecule has 0 aliphatic carbocycles. The van der Waals surface area contributed by atoms with Crippen LogP contribution in [0.4, 0.5) is 0 Å². The van der Waals surface area contributed by atoms with E-state index in [1.165, 1.54) is 21.5 Å². The van der Waals surface area contributed by atoms with Crippen molar-refractivity contribution in [1.82, 2.24) is 8.96 Å². The van der Waals surface area contributed by atoms with E-state index in [0.29, 0.717) is 23.1 Å². The average Bonchev–Trinajstić information content (AvgIpc) is 3.14. The van der Waals surface area contributed by atoms with Gasteiger partial charge in [-0.1, -0.05) is 36.4 Å². The molecule has 7 heteroatoms. The van der Waals surface area contributed by atoms with Crippen molar-refractivity contribution in [2.24, 2.45) is 0 Å². The van der Waals surface area contributed by atoms with Crippen LogP contribution in [-0.2, 0) is 10.0 Å². The molecule has 2 aromatic heterocycles. The van der Waals surface area contributed by atoms with E-state index in [0.717, 1.165) is 21.1 Å². The molecule has 0 radical (unpaired) electrons. The molecule has 1 aromatic carbocycles. The van der Waals surface area contributed by atoms with Crippen LogP contribution in [0.5, 0.6) is 0 Å². The van der Waals surface area contributed by atoms with E-state index in [4.69, 9.17) is 0 Å². The molecular weight excluding hydrogens is 380 g/mol. The molecule has 0 amide bonds. The molecule has 140 valence electrons. The second-order valence-electron chi connectivity index (χ2n) is 6.20. The standard InChI is InChI=1S/C20H20N2O3S2/c1-14-18(13-23)12-22(20(14)17-8-5-4-6-9-17)27(24,25)11-7-10-19-15(2)21-16(3)26-19/h4-10,12-13H,11H2,1-3H3. The van der Waals surface area contributed by atoms with Crippen LogP contribution in [0, 0.1) is 20.8 Å². The summed E-state index contributed by atoms with van der Waals surface area (Å²) in [5, 5.41) is 0.943. The van der Waals surface area contributed by atoms with Gasteiger partial charge in [0.05, 0.1) is 22.1 Å². The lowest BCUT2D eigenvalue weighted by Crippen LogP contribution is -2.15. The summed E-state index contributed by atoms with van der Waals surface area (Å²) in [5.41, 5.74) is 3.18. The van der Waals surface area contributed by atoms with Crippen LogP contribution in [-0.4, -0.2) is 29.4 Å². The third kappa shape index (κ3) is 3.94. The number of hydrogen-bond donors (Lipinski definition) is 0. The topological polar surface area (TPSA) is 69.0 Å². The van der Waals surface area contributed by atoms with Crippen molar-refractivity contribution in [2.75, 3.05) is 5.75 Å². The first-order valence-corrected chi connectivity index (χ1v) is 10.8. The van der Waals surface area contributed by atoms with Gasteiger partial charge in [0.2, 0.25) is 10.0 Å². The second-order valence-corrected chi connectivity index (χ2v) is 9.33. The molecule has 2 heterocycles. The molecule has 0 atom stereocenters. The molecule has 0 aliphatic rings. The average molecular weight is 401 g/mol. The number of rotatable bonds is 6. The van der Waals surface area contributed by atoms with Gasteiger partial charge in [0, 0.05) is 16.6 Å². The van der Waals surface area contributed by atoms with Gasteiger partial charge in [0.1, 0.15) is 0 Å². The summed E-state index contributed by atoms with van der Waals surface area (Å²) in [6.07, 6.45) is 5.50. The quantitative estimate of drug-likeness (QED) is 0.580. The SMILES string of the molecule is Cc1nc(C)c(C=CCS(=O)(=O)n2cc(C=O)c(C)c2-c2ccccc2)s1. The van der Waals surface area contributed by atoms with E-state index in [1.807, 2.05) is 44.2 Å². The van der Waals surface area contributed by atoms with Gasteiger partial charge in [-0.05, 0) is 38.0 Å². The first-order valence-electron chi connectivity index (χ1n) is 8.40. The van der Waals surface area contributed by atoms with Gasteiger partial charge in [-0.15, -0.1) is 11.3 Å². The van der Waals surface area contributed by atoms with Gasteiger partial charge in [-0.25, -0.2) is 17.4 Å². The van der Waals surface area contributed by atoms with Crippen LogP contribution in [0.2, 0.25) is 0 Å². The van der Waals surface area contributed by atoms with Gasteiger partial charge in [-0.3, -0.25) is 4.79 Å². The molecule has 3 aromatic rings. The Morgan fingerprint density at radius 1 is 1.15 bits per heavy atom. The molecule has 0 spiro atoms. The Balaban J connectivity index is 1.99. The van der Waals surface area contributed by atoms with Crippen molar-refractivity contribution in [1.29, 1.82) is 0 Å². The number of carbonyl (C=O) groups is 1. The van der Waals surface area contributed by atoms with Crippen LogP contribution in [0.25, 0.3) is 17.3 Å². The van der Waals surface area contributed by atoms with Crippen LogP contribution < -0.4 is 0 Å². The highest BCUT2D eigenvalue weighted by molar-refractivity contribution is 7.90. The van der Waals surface area contributed by atoms with E-state index < -0.39 is 10.0 Å². The van der Waals surface area contributed by atoms with Gasteiger partial charge >= 0.3 is 0 Å². The summed E-state index contributed by atoms with van der Waals surface area (Å²) < 4.78 is 27.2. The van der Waals surface area contributed by atoms with Crippen molar-refractivity contribution < 1.29 is 13.2 Å². The molecule has 27 heavy (non-hydrogen) atoms. The Hall–Kier alpha value is -2.51. The lowest BCUT2D eigenvalue weighted by atomic mass is 10.1. The third-order valence-corrected chi connectivity index (χ3v) is 6.79. The van der Waals surface area contributed by atoms with Crippen molar-refractivity contribution in [2.45, 2.75) is 20.8 Å². The first kappa shape index (κ1) is 19.3. The van der Waals surface area contributed by atoms with Gasteiger partial charge in [-0.2, -0.15) is 0 Å². The highest BCUT2D eigenvalue weighted by Gasteiger charge is 2.21. The Morgan fingerprint density at radius 3 is 2.44 bits per heavy atom. The zero-order valence-electron chi connectivity index (χ0n) is 15.3. The Bertz CT molecular complexity index is 1110. The summed E-state index contributed by atoms with van der Waals surface area (Å²) in [6.45, 7) is 5.58. The summed E-state index contributed by atoms with van der Waals surface area (Å²) in [6, 6.07) is 9.22. The zero-order valence-corrected chi connectivity index (χ0v) is 17.0. The van der Waals surface area contributed by atoms with E-state index in [2.05, 4.69) is 4.98 Å². The highest BCUT2D eigenvalue weighted by Crippen LogP contribution is 2.29. The molecule has 3 rings (SSSR count). The molecule has 0 unspecified atom stereocenters. The fourth-order valence-electron chi connectivity index (χ4n) is 2.93. The first-order chi connectivity index (χ1) is 12.8. The highest BCUT2D eigenvalue weighted by atomic mass is 32.2. The van der Waals surface area contributed by atoms with Crippen molar-refractivity contribution in [3.05, 3.63) is 69.3 Å². The van der Waals surface area contributed by atoms with Crippen molar-refractivity contribution >= 4 is 33.7 Å². The Morgan fingerprint density at radius 2 is 1.85 bits per heavy atom. The minimum Gasteiger partial charge on any atom is -0.298 e. The largest absolute Gasteiger partial charge is 0.298 e. The molecule has 0 N–H and O–H groups in total. The normalized spacial score (nSPS) is 12.0. The Labute approximate surface area is 163 Å². The summed E-state index contributed by atoms with van der Waals surface area (Å²) in [4.78, 5) is 16.6. The minimum atomic E-state index is -3.67. The number of aromatic nitrogens is 2. The van der Waals surface area contributed by atoms with Crippen molar-refractivity contribution in [3.63, 3.8) is 0 Å². The number of thiazole rings is 1. The number of carbonyl (C=O) groups excluding carboxylic acids is 1. The second kappa shape index (κ2) is 7.62. The number of aryl methyl sites for hydroxylation is 2. The minimum absolute atomic E-state index is 0.171. The van der Waals surface area contributed by atoms with E-state index in [1.54, 1.807) is 19.1 Å². The predicted molar refractivity (Wildman–Crippen MR) is 110 cm³/mol. The molecule has 5 nitrogen and oxygen atoms in total. The zero-order chi connectivity index (χ0) is 19.6. The molecule has 0 saturated heterocycles. The van der Waals surface area contributed by atoms with E-state index in [-0.39, 0.29) is 5.75 Å². The van der Waals surface area contributed by atoms with Crippen LogP contribution in [0.15, 0.2) is 42.6 Å². The maximum Gasteiger partial charge on any atom is 0.242 e. The number of benzene rings is 1. The predicted octanol–water partition coefficient (Wildman–Crippen LogP) is 4.24. The van der Waals surface area contributed by atoms with Gasteiger partial charge < -0.3 is 0 Å². The van der Waals surface area contributed by atoms with Crippen LogP contribution >= 0.6 is 11.3 Å². The maximum atomic E-state index is 13.0. The van der Waals surface area contributed by atoms with Crippen LogP contribution in [0.3, 0.4) is 0 Å². The number of hydrogen-bond acceptors (Lipinski definition) is 5. The third-order valence-electron chi connectivity index (χ3n) is 4.25. The molecule has 0 saturated carbocycles. The number of aldehydes is 1. The molecule has 0 fully saturated rings. The van der Waals surface area contributed by atoms with E-state index in [9.17, 15) is 13.2 Å². The Kier molecular flexibility index (Phi) is 5.43. The fourth-order valence-corrected chi connectivity index (χ4v) is 5.08. The van der Waals surface area contributed by atoms with E-state index >= 15 is 0 Å². The summed E-state index contributed by atoms with van der Waals surface area (Å²) in [5.74, 6) is -0.171. The van der Waals surface area contributed by atoms with Crippen molar-refractivity contribution in [3.8, 4) is 11.3 Å².